The SMILES string of the molecule is CCCNC(CCCOC)c1ccccc1C1CCC1. The van der Waals surface area contributed by atoms with E-state index >= 15 is 0 Å². The lowest BCUT2D eigenvalue weighted by Gasteiger charge is -2.31. The molecule has 1 atom stereocenters. The van der Waals surface area contributed by atoms with Gasteiger partial charge in [-0.3, -0.25) is 0 Å². The van der Waals surface area contributed by atoms with Crippen LogP contribution in [0, 0.1) is 0 Å². The fourth-order valence-electron chi connectivity index (χ4n) is 3.04. The molecule has 1 fully saturated rings. The average molecular weight is 275 g/mol. The lowest BCUT2D eigenvalue weighted by atomic mass is 9.77. The lowest BCUT2D eigenvalue weighted by molar-refractivity contribution is 0.188. The number of benzene rings is 1. The maximum Gasteiger partial charge on any atom is 0.0462 e. The molecule has 1 N–H and O–H groups in total. The van der Waals surface area contributed by atoms with Crippen LogP contribution in [0.25, 0.3) is 0 Å². The summed E-state index contributed by atoms with van der Waals surface area (Å²) < 4.78 is 5.21. The van der Waals surface area contributed by atoms with Crippen molar-refractivity contribution in [2.75, 3.05) is 20.3 Å². The Labute approximate surface area is 123 Å². The fraction of sp³-hybridized carbons (Fsp3) is 0.667. The molecule has 0 heterocycles. The van der Waals surface area contributed by atoms with E-state index in [1.807, 2.05) is 0 Å². The summed E-state index contributed by atoms with van der Waals surface area (Å²) in [4.78, 5) is 0. The first kappa shape index (κ1) is 15.5. The Morgan fingerprint density at radius 1 is 1.30 bits per heavy atom. The minimum absolute atomic E-state index is 0.488. The van der Waals surface area contributed by atoms with E-state index in [-0.39, 0.29) is 0 Å². The largest absolute Gasteiger partial charge is 0.385 e. The van der Waals surface area contributed by atoms with Crippen LogP contribution in [-0.4, -0.2) is 20.3 Å². The van der Waals surface area contributed by atoms with E-state index in [1.54, 1.807) is 12.7 Å². The van der Waals surface area contributed by atoms with Crippen LogP contribution in [0.1, 0.15) is 68.5 Å². The highest BCUT2D eigenvalue weighted by Gasteiger charge is 2.24. The molecule has 1 unspecified atom stereocenters. The number of hydrogen-bond acceptors (Lipinski definition) is 2. The van der Waals surface area contributed by atoms with E-state index in [9.17, 15) is 0 Å². The molecule has 0 radical (unpaired) electrons. The molecule has 0 spiro atoms. The normalized spacial score (nSPS) is 16.9. The van der Waals surface area contributed by atoms with Crippen LogP contribution in [-0.2, 0) is 4.74 Å². The number of nitrogens with one attached hydrogen (secondary N) is 1. The summed E-state index contributed by atoms with van der Waals surface area (Å²) in [5.74, 6) is 0.805. The molecule has 1 saturated carbocycles. The minimum Gasteiger partial charge on any atom is -0.385 e. The lowest BCUT2D eigenvalue weighted by Crippen LogP contribution is -2.25. The highest BCUT2D eigenvalue weighted by atomic mass is 16.5. The van der Waals surface area contributed by atoms with Gasteiger partial charge in [-0.15, -0.1) is 0 Å². The number of ether oxygens (including phenoxy) is 1. The Morgan fingerprint density at radius 3 is 2.75 bits per heavy atom. The smallest absolute Gasteiger partial charge is 0.0462 e. The van der Waals surface area contributed by atoms with Crippen molar-refractivity contribution in [3.63, 3.8) is 0 Å². The molecule has 1 aliphatic rings. The first-order valence-corrected chi connectivity index (χ1v) is 8.18. The van der Waals surface area contributed by atoms with Crippen LogP contribution in [0.2, 0.25) is 0 Å². The molecule has 112 valence electrons. The molecule has 20 heavy (non-hydrogen) atoms. The Bertz CT molecular complexity index is 387. The molecule has 0 amide bonds. The monoisotopic (exact) mass is 275 g/mol. The zero-order chi connectivity index (χ0) is 14.2. The number of hydrogen-bond donors (Lipinski definition) is 1. The summed E-state index contributed by atoms with van der Waals surface area (Å²) in [6.07, 6.45) is 7.61. The van der Waals surface area contributed by atoms with Gasteiger partial charge in [-0.2, -0.15) is 0 Å². The summed E-state index contributed by atoms with van der Waals surface area (Å²) in [5, 5.41) is 3.73. The molecule has 0 saturated heterocycles. The molecule has 1 aliphatic carbocycles. The molecule has 1 aromatic carbocycles. The molecule has 0 bridgehead atoms. The van der Waals surface area contributed by atoms with E-state index < -0.39 is 0 Å². The summed E-state index contributed by atoms with van der Waals surface area (Å²) in [7, 11) is 1.79. The zero-order valence-electron chi connectivity index (χ0n) is 13.0. The predicted molar refractivity (Wildman–Crippen MR) is 85.2 cm³/mol. The van der Waals surface area contributed by atoms with Crippen LogP contribution in [0.3, 0.4) is 0 Å². The topological polar surface area (TPSA) is 21.3 Å². The first-order chi connectivity index (χ1) is 9.86. The van der Waals surface area contributed by atoms with Gasteiger partial charge in [0.25, 0.3) is 0 Å². The van der Waals surface area contributed by atoms with Crippen LogP contribution in [0.5, 0.6) is 0 Å². The van der Waals surface area contributed by atoms with Crippen LogP contribution >= 0.6 is 0 Å². The molecule has 0 aliphatic heterocycles. The standard InChI is InChI=1S/C18H29NO/c1-3-13-19-18(12-7-14-20-2)17-11-5-4-10-16(17)15-8-6-9-15/h4-5,10-11,15,18-19H,3,6-9,12-14H2,1-2H3. The molecule has 0 aromatic heterocycles. The molecule has 2 nitrogen and oxygen atoms in total. The zero-order valence-corrected chi connectivity index (χ0v) is 13.0. The van der Waals surface area contributed by atoms with E-state index in [0.717, 1.165) is 31.9 Å². The predicted octanol–water partition coefficient (Wildman–Crippen LogP) is 4.42. The van der Waals surface area contributed by atoms with Gasteiger partial charge in [0, 0.05) is 19.8 Å². The van der Waals surface area contributed by atoms with Gasteiger partial charge in [-0.1, -0.05) is 37.6 Å². The number of methoxy groups -OCH3 is 1. The van der Waals surface area contributed by atoms with Crippen molar-refractivity contribution >= 4 is 0 Å². The van der Waals surface area contributed by atoms with E-state index in [0.29, 0.717) is 6.04 Å². The molecule has 2 rings (SSSR count). The van der Waals surface area contributed by atoms with Gasteiger partial charge in [0.2, 0.25) is 0 Å². The van der Waals surface area contributed by atoms with E-state index in [4.69, 9.17) is 4.74 Å². The van der Waals surface area contributed by atoms with Crippen LogP contribution < -0.4 is 5.32 Å². The van der Waals surface area contributed by atoms with Crippen molar-refractivity contribution in [2.24, 2.45) is 0 Å². The fourth-order valence-corrected chi connectivity index (χ4v) is 3.04. The quantitative estimate of drug-likeness (QED) is 0.674. The second-order valence-electron chi connectivity index (χ2n) is 5.90. The van der Waals surface area contributed by atoms with E-state index in [1.165, 1.54) is 31.2 Å². The second-order valence-corrected chi connectivity index (χ2v) is 5.90. The van der Waals surface area contributed by atoms with Crippen molar-refractivity contribution in [2.45, 2.75) is 57.4 Å². The third-order valence-corrected chi connectivity index (χ3v) is 4.40. The second kappa shape index (κ2) is 8.43. The minimum atomic E-state index is 0.488. The van der Waals surface area contributed by atoms with Gasteiger partial charge in [0.05, 0.1) is 0 Å². The van der Waals surface area contributed by atoms with Crippen molar-refractivity contribution in [1.29, 1.82) is 0 Å². The van der Waals surface area contributed by atoms with Crippen molar-refractivity contribution in [3.8, 4) is 0 Å². The maximum atomic E-state index is 5.21. The van der Waals surface area contributed by atoms with Gasteiger partial charge in [0.15, 0.2) is 0 Å². The van der Waals surface area contributed by atoms with Gasteiger partial charge in [-0.25, -0.2) is 0 Å². The number of rotatable bonds is 9. The Morgan fingerprint density at radius 2 is 2.10 bits per heavy atom. The van der Waals surface area contributed by atoms with Crippen molar-refractivity contribution < 1.29 is 4.74 Å². The van der Waals surface area contributed by atoms with E-state index in [2.05, 4.69) is 36.5 Å². The summed E-state index contributed by atoms with van der Waals surface area (Å²) in [6.45, 7) is 4.18. The van der Waals surface area contributed by atoms with Gasteiger partial charge in [-0.05, 0) is 55.7 Å². The summed E-state index contributed by atoms with van der Waals surface area (Å²) in [5.41, 5.74) is 3.12. The molecule has 1 aromatic rings. The Kier molecular flexibility index (Phi) is 6.55. The van der Waals surface area contributed by atoms with Crippen molar-refractivity contribution in [3.05, 3.63) is 35.4 Å². The van der Waals surface area contributed by atoms with Crippen molar-refractivity contribution in [1.82, 2.24) is 5.32 Å². The molecular formula is C18H29NO. The highest BCUT2D eigenvalue weighted by molar-refractivity contribution is 5.34. The van der Waals surface area contributed by atoms with Crippen LogP contribution in [0.15, 0.2) is 24.3 Å². The summed E-state index contributed by atoms with van der Waals surface area (Å²) >= 11 is 0. The Balaban J connectivity index is 2.09. The third kappa shape index (κ3) is 4.07. The highest BCUT2D eigenvalue weighted by Crippen LogP contribution is 2.40. The van der Waals surface area contributed by atoms with Gasteiger partial charge in [0.1, 0.15) is 0 Å². The van der Waals surface area contributed by atoms with Gasteiger partial charge >= 0.3 is 0 Å². The molecular weight excluding hydrogens is 246 g/mol. The first-order valence-electron chi connectivity index (χ1n) is 8.18. The average Bonchev–Trinajstić information content (AvgIpc) is 2.42. The summed E-state index contributed by atoms with van der Waals surface area (Å²) in [6, 6.07) is 9.54. The Hall–Kier alpha value is -0.860. The molecule has 2 heteroatoms. The maximum absolute atomic E-state index is 5.21. The van der Waals surface area contributed by atoms with Gasteiger partial charge < -0.3 is 10.1 Å². The van der Waals surface area contributed by atoms with Crippen LogP contribution in [0.4, 0.5) is 0 Å². The third-order valence-electron chi connectivity index (χ3n) is 4.40.